The van der Waals surface area contributed by atoms with E-state index in [0.717, 1.165) is 11.3 Å². The van der Waals surface area contributed by atoms with Crippen LogP contribution in [0.1, 0.15) is 11.1 Å². The van der Waals surface area contributed by atoms with Gasteiger partial charge in [-0.1, -0.05) is 54.6 Å². The van der Waals surface area contributed by atoms with E-state index in [4.69, 9.17) is 10.5 Å². The van der Waals surface area contributed by atoms with Crippen LogP contribution in [0.3, 0.4) is 0 Å². The smallest absolute Gasteiger partial charge is 0.120 e. The molecule has 0 amide bonds. The molecule has 92 valence electrons. The van der Waals surface area contributed by atoms with Crippen LogP contribution in [0, 0.1) is 0 Å². The minimum atomic E-state index is 0.551. The first-order valence-electron chi connectivity index (χ1n) is 6.02. The highest BCUT2D eigenvalue weighted by atomic mass is 16.5. The Morgan fingerprint density at radius 2 is 1.83 bits per heavy atom. The highest BCUT2D eigenvalue weighted by Crippen LogP contribution is 2.16. The zero-order valence-corrected chi connectivity index (χ0v) is 10.3. The maximum absolute atomic E-state index is 5.75. The van der Waals surface area contributed by atoms with Gasteiger partial charge in [0.05, 0.1) is 0 Å². The van der Waals surface area contributed by atoms with Crippen LogP contribution in [0.25, 0.3) is 6.08 Å². The lowest BCUT2D eigenvalue weighted by Gasteiger charge is -2.06. The second kappa shape index (κ2) is 6.62. The molecule has 0 spiro atoms. The van der Waals surface area contributed by atoms with E-state index in [-0.39, 0.29) is 0 Å². The molecule has 2 heteroatoms. The minimum Gasteiger partial charge on any atom is -0.489 e. The normalized spacial score (nSPS) is 10.7. The molecule has 0 atom stereocenters. The van der Waals surface area contributed by atoms with Crippen LogP contribution in [0.5, 0.6) is 5.75 Å². The first-order valence-corrected chi connectivity index (χ1v) is 6.02. The van der Waals surface area contributed by atoms with Crippen molar-refractivity contribution in [2.45, 2.75) is 6.61 Å². The highest BCUT2D eigenvalue weighted by molar-refractivity contribution is 5.51. The SMILES string of the molecule is NCC=Cc1cccc(OCc2ccccc2)c1. The summed E-state index contributed by atoms with van der Waals surface area (Å²) in [6.07, 6.45) is 3.92. The van der Waals surface area contributed by atoms with E-state index >= 15 is 0 Å². The largest absolute Gasteiger partial charge is 0.489 e. The molecule has 0 aliphatic heterocycles. The van der Waals surface area contributed by atoms with Crippen molar-refractivity contribution in [2.24, 2.45) is 5.73 Å². The summed E-state index contributed by atoms with van der Waals surface area (Å²) in [4.78, 5) is 0. The van der Waals surface area contributed by atoms with E-state index in [0.29, 0.717) is 13.2 Å². The third-order valence-corrected chi connectivity index (χ3v) is 2.55. The summed E-state index contributed by atoms with van der Waals surface area (Å²) >= 11 is 0. The molecule has 0 unspecified atom stereocenters. The summed E-state index contributed by atoms with van der Waals surface area (Å²) in [6, 6.07) is 18.1. The van der Waals surface area contributed by atoms with Gasteiger partial charge in [-0.15, -0.1) is 0 Å². The van der Waals surface area contributed by atoms with Crippen LogP contribution < -0.4 is 10.5 Å². The second-order valence-corrected chi connectivity index (χ2v) is 3.98. The van der Waals surface area contributed by atoms with Gasteiger partial charge in [0, 0.05) is 6.54 Å². The van der Waals surface area contributed by atoms with Crippen LogP contribution in [-0.4, -0.2) is 6.54 Å². The quantitative estimate of drug-likeness (QED) is 0.869. The molecule has 0 radical (unpaired) electrons. The fraction of sp³-hybridized carbons (Fsp3) is 0.125. The van der Waals surface area contributed by atoms with Crippen LogP contribution in [0.4, 0.5) is 0 Å². The van der Waals surface area contributed by atoms with Gasteiger partial charge in [0.2, 0.25) is 0 Å². The number of hydrogen-bond acceptors (Lipinski definition) is 2. The zero-order chi connectivity index (χ0) is 12.6. The van der Waals surface area contributed by atoms with Crippen LogP contribution in [0.2, 0.25) is 0 Å². The summed E-state index contributed by atoms with van der Waals surface area (Å²) < 4.78 is 5.75. The Bertz CT molecular complexity index is 506. The van der Waals surface area contributed by atoms with Gasteiger partial charge in [-0.25, -0.2) is 0 Å². The third kappa shape index (κ3) is 3.75. The Kier molecular flexibility index (Phi) is 4.56. The van der Waals surface area contributed by atoms with E-state index in [9.17, 15) is 0 Å². The Labute approximate surface area is 108 Å². The van der Waals surface area contributed by atoms with E-state index in [1.807, 2.05) is 54.6 Å². The average molecular weight is 239 g/mol. The third-order valence-electron chi connectivity index (χ3n) is 2.55. The molecular formula is C16H17NO. The fourth-order valence-corrected chi connectivity index (χ4v) is 1.65. The lowest BCUT2D eigenvalue weighted by molar-refractivity contribution is 0.306. The highest BCUT2D eigenvalue weighted by Gasteiger charge is 1.96. The molecule has 2 aromatic rings. The zero-order valence-electron chi connectivity index (χ0n) is 10.3. The Morgan fingerprint density at radius 3 is 2.61 bits per heavy atom. The predicted octanol–water partition coefficient (Wildman–Crippen LogP) is 3.24. The van der Waals surface area contributed by atoms with Crippen molar-refractivity contribution < 1.29 is 4.74 Å². The second-order valence-electron chi connectivity index (χ2n) is 3.98. The van der Waals surface area contributed by atoms with Crippen molar-refractivity contribution in [1.82, 2.24) is 0 Å². The molecule has 0 fully saturated rings. The van der Waals surface area contributed by atoms with Crippen molar-refractivity contribution in [2.75, 3.05) is 6.54 Å². The molecule has 0 bridgehead atoms. The first kappa shape index (κ1) is 12.4. The fourth-order valence-electron chi connectivity index (χ4n) is 1.65. The number of rotatable bonds is 5. The van der Waals surface area contributed by atoms with Gasteiger partial charge in [0.15, 0.2) is 0 Å². The van der Waals surface area contributed by atoms with E-state index in [1.165, 1.54) is 5.56 Å². The molecule has 2 N–H and O–H groups in total. The molecule has 0 aliphatic rings. The lowest BCUT2D eigenvalue weighted by Crippen LogP contribution is -1.95. The van der Waals surface area contributed by atoms with Crippen molar-refractivity contribution in [3.05, 3.63) is 71.8 Å². The molecule has 2 nitrogen and oxygen atoms in total. The molecule has 18 heavy (non-hydrogen) atoms. The standard InChI is InChI=1S/C16H17NO/c17-11-5-9-14-8-4-10-16(12-14)18-13-15-6-2-1-3-7-15/h1-10,12H,11,13,17H2. The van der Waals surface area contributed by atoms with Gasteiger partial charge in [-0.05, 0) is 23.3 Å². The van der Waals surface area contributed by atoms with Crippen LogP contribution in [0.15, 0.2) is 60.7 Å². The molecule has 0 saturated heterocycles. The first-order chi connectivity index (χ1) is 8.88. The summed E-state index contributed by atoms with van der Waals surface area (Å²) in [5.41, 5.74) is 7.70. The topological polar surface area (TPSA) is 35.2 Å². The van der Waals surface area contributed by atoms with E-state index < -0.39 is 0 Å². The monoisotopic (exact) mass is 239 g/mol. The van der Waals surface area contributed by atoms with Crippen LogP contribution in [-0.2, 0) is 6.61 Å². The molecule has 0 heterocycles. The van der Waals surface area contributed by atoms with Gasteiger partial charge >= 0.3 is 0 Å². The summed E-state index contributed by atoms with van der Waals surface area (Å²) in [5, 5.41) is 0. The maximum Gasteiger partial charge on any atom is 0.120 e. The van der Waals surface area contributed by atoms with Gasteiger partial charge in [-0.3, -0.25) is 0 Å². The van der Waals surface area contributed by atoms with Crippen molar-refractivity contribution in [3.8, 4) is 5.75 Å². The number of ether oxygens (including phenoxy) is 1. The molecule has 0 aromatic heterocycles. The van der Waals surface area contributed by atoms with Crippen LogP contribution >= 0.6 is 0 Å². The Hall–Kier alpha value is -2.06. The van der Waals surface area contributed by atoms with Crippen molar-refractivity contribution in [3.63, 3.8) is 0 Å². The van der Waals surface area contributed by atoms with Crippen molar-refractivity contribution >= 4 is 6.08 Å². The summed E-state index contributed by atoms with van der Waals surface area (Å²) in [6.45, 7) is 1.14. The summed E-state index contributed by atoms with van der Waals surface area (Å²) in [5.74, 6) is 0.873. The maximum atomic E-state index is 5.75. The van der Waals surface area contributed by atoms with Gasteiger partial charge < -0.3 is 10.5 Å². The molecule has 0 saturated carbocycles. The van der Waals surface area contributed by atoms with Crippen molar-refractivity contribution in [1.29, 1.82) is 0 Å². The number of nitrogens with two attached hydrogens (primary N) is 1. The average Bonchev–Trinajstić information content (AvgIpc) is 2.44. The number of hydrogen-bond donors (Lipinski definition) is 1. The summed E-state index contributed by atoms with van der Waals surface area (Å²) in [7, 11) is 0. The van der Waals surface area contributed by atoms with Gasteiger partial charge in [0.1, 0.15) is 12.4 Å². The molecule has 2 aromatic carbocycles. The molecular weight excluding hydrogens is 222 g/mol. The minimum absolute atomic E-state index is 0.551. The van der Waals surface area contributed by atoms with Gasteiger partial charge in [-0.2, -0.15) is 0 Å². The van der Waals surface area contributed by atoms with Gasteiger partial charge in [0.25, 0.3) is 0 Å². The van der Waals surface area contributed by atoms with E-state index in [1.54, 1.807) is 0 Å². The lowest BCUT2D eigenvalue weighted by atomic mass is 10.2. The van der Waals surface area contributed by atoms with E-state index in [2.05, 4.69) is 12.1 Å². The Balaban J connectivity index is 1.99. The molecule has 0 aliphatic carbocycles. The predicted molar refractivity (Wildman–Crippen MR) is 75.3 cm³/mol. The Morgan fingerprint density at radius 1 is 1.00 bits per heavy atom. The molecule has 2 rings (SSSR count). The number of benzene rings is 2.